The first-order chi connectivity index (χ1) is 10.0. The Bertz CT molecular complexity index is 768. The number of hydrogen-bond donors (Lipinski definition) is 1. The second kappa shape index (κ2) is 5.73. The van der Waals surface area contributed by atoms with E-state index in [0.717, 1.165) is 28.6 Å². The van der Waals surface area contributed by atoms with Crippen molar-refractivity contribution in [3.63, 3.8) is 0 Å². The first-order valence-corrected chi connectivity index (χ1v) is 8.12. The van der Waals surface area contributed by atoms with Crippen LogP contribution in [0.15, 0.2) is 34.0 Å². The van der Waals surface area contributed by atoms with Gasteiger partial charge < -0.3 is 9.88 Å². The molecule has 1 aromatic carbocycles. The van der Waals surface area contributed by atoms with Gasteiger partial charge in [0.05, 0.1) is 11.3 Å². The molecule has 1 aromatic heterocycles. The number of carbonyl (C=O) groups is 1. The number of nitrogens with one attached hydrogen (secondary N) is 1. The Morgan fingerprint density at radius 2 is 2.19 bits per heavy atom. The molecule has 0 bridgehead atoms. The third-order valence-corrected chi connectivity index (χ3v) is 4.76. The second-order valence-corrected chi connectivity index (χ2v) is 6.65. The van der Waals surface area contributed by atoms with Crippen molar-refractivity contribution < 1.29 is 4.79 Å². The maximum Gasteiger partial charge on any atom is 0.251 e. The standard InChI is InChI=1S/C15H15ClN2O2S/c1-18-12-5-2-9(16)6-11(12)13(7-15(18)20)21-8-14(19)17-10-3-4-10/h2,5-7,10H,3-4,8H2,1H3,(H,17,19). The van der Waals surface area contributed by atoms with Gasteiger partial charge in [-0.3, -0.25) is 9.59 Å². The Hall–Kier alpha value is -1.46. The summed E-state index contributed by atoms with van der Waals surface area (Å²) in [7, 11) is 1.73. The van der Waals surface area contributed by atoms with Crippen molar-refractivity contribution in [2.75, 3.05) is 5.75 Å². The van der Waals surface area contributed by atoms with Crippen LogP contribution in [0.1, 0.15) is 12.8 Å². The number of hydrogen-bond acceptors (Lipinski definition) is 3. The fourth-order valence-corrected chi connectivity index (χ4v) is 3.21. The van der Waals surface area contributed by atoms with Gasteiger partial charge in [0.15, 0.2) is 0 Å². The predicted molar refractivity (Wildman–Crippen MR) is 86.1 cm³/mol. The number of rotatable bonds is 4. The molecule has 1 aliphatic carbocycles. The topological polar surface area (TPSA) is 51.1 Å². The third-order valence-electron chi connectivity index (χ3n) is 3.47. The number of halogens is 1. The van der Waals surface area contributed by atoms with Crippen LogP contribution in [0.2, 0.25) is 5.02 Å². The molecule has 110 valence electrons. The minimum Gasteiger partial charge on any atom is -0.353 e. The first kappa shape index (κ1) is 14.5. The highest BCUT2D eigenvalue weighted by Crippen LogP contribution is 2.28. The maximum atomic E-state index is 12.0. The molecule has 0 saturated heterocycles. The molecule has 1 fully saturated rings. The number of amides is 1. The van der Waals surface area contributed by atoms with E-state index in [4.69, 9.17) is 11.6 Å². The number of thioether (sulfide) groups is 1. The second-order valence-electron chi connectivity index (χ2n) is 5.20. The van der Waals surface area contributed by atoms with Crippen LogP contribution in [0.5, 0.6) is 0 Å². The third kappa shape index (κ3) is 3.24. The van der Waals surface area contributed by atoms with Gasteiger partial charge in [-0.05, 0) is 31.0 Å². The first-order valence-electron chi connectivity index (χ1n) is 6.76. The van der Waals surface area contributed by atoms with Crippen LogP contribution < -0.4 is 10.9 Å². The lowest BCUT2D eigenvalue weighted by molar-refractivity contribution is -0.118. The summed E-state index contributed by atoms with van der Waals surface area (Å²) in [5.41, 5.74) is 0.729. The zero-order valence-corrected chi connectivity index (χ0v) is 13.1. The van der Waals surface area contributed by atoms with Crippen molar-refractivity contribution >= 4 is 40.2 Å². The van der Waals surface area contributed by atoms with Gasteiger partial charge in [-0.2, -0.15) is 0 Å². The van der Waals surface area contributed by atoms with Gasteiger partial charge in [0.25, 0.3) is 5.56 Å². The van der Waals surface area contributed by atoms with E-state index in [0.29, 0.717) is 16.8 Å². The van der Waals surface area contributed by atoms with E-state index in [1.165, 1.54) is 11.8 Å². The molecule has 1 heterocycles. The van der Waals surface area contributed by atoms with Crippen molar-refractivity contribution in [2.24, 2.45) is 7.05 Å². The van der Waals surface area contributed by atoms with Crippen molar-refractivity contribution in [1.82, 2.24) is 9.88 Å². The fourth-order valence-electron chi connectivity index (χ4n) is 2.16. The monoisotopic (exact) mass is 322 g/mol. The van der Waals surface area contributed by atoms with Gasteiger partial charge in [-0.1, -0.05) is 11.6 Å². The molecule has 0 unspecified atom stereocenters. The molecule has 1 amide bonds. The molecule has 0 aliphatic heterocycles. The van der Waals surface area contributed by atoms with Crippen LogP contribution >= 0.6 is 23.4 Å². The van der Waals surface area contributed by atoms with E-state index < -0.39 is 0 Å². The lowest BCUT2D eigenvalue weighted by Gasteiger charge is -2.10. The molecule has 2 aromatic rings. The van der Waals surface area contributed by atoms with Crippen LogP contribution in [-0.4, -0.2) is 22.3 Å². The molecular formula is C15H15ClN2O2S. The summed E-state index contributed by atoms with van der Waals surface area (Å²) >= 11 is 7.42. The summed E-state index contributed by atoms with van der Waals surface area (Å²) in [6.45, 7) is 0. The Balaban J connectivity index is 1.89. The summed E-state index contributed by atoms with van der Waals surface area (Å²) in [6.07, 6.45) is 2.14. The van der Waals surface area contributed by atoms with Gasteiger partial charge in [-0.15, -0.1) is 11.8 Å². The number of aryl methyl sites for hydroxylation is 1. The normalized spacial score (nSPS) is 14.4. The summed E-state index contributed by atoms with van der Waals surface area (Å²) in [6, 6.07) is 7.34. The van der Waals surface area contributed by atoms with Crippen molar-refractivity contribution in [1.29, 1.82) is 0 Å². The van der Waals surface area contributed by atoms with Crippen LogP contribution in [0.3, 0.4) is 0 Å². The predicted octanol–water partition coefficient (Wildman–Crippen LogP) is 2.56. The number of aromatic nitrogens is 1. The van der Waals surface area contributed by atoms with E-state index in [9.17, 15) is 9.59 Å². The molecule has 6 heteroatoms. The summed E-state index contributed by atoms with van der Waals surface area (Å²) in [5, 5.41) is 4.45. The Morgan fingerprint density at radius 3 is 2.90 bits per heavy atom. The van der Waals surface area contributed by atoms with Crippen LogP contribution in [0.4, 0.5) is 0 Å². The zero-order valence-electron chi connectivity index (χ0n) is 11.6. The minimum absolute atomic E-state index is 0.0124. The number of benzene rings is 1. The summed E-state index contributed by atoms with van der Waals surface area (Å²) in [4.78, 5) is 24.6. The molecular weight excluding hydrogens is 308 g/mol. The van der Waals surface area contributed by atoms with Crippen LogP contribution in [-0.2, 0) is 11.8 Å². The number of fused-ring (bicyclic) bond motifs is 1. The molecule has 0 spiro atoms. The molecule has 21 heavy (non-hydrogen) atoms. The molecule has 0 radical (unpaired) electrons. The quantitative estimate of drug-likeness (QED) is 0.880. The Morgan fingerprint density at radius 1 is 1.43 bits per heavy atom. The number of carbonyl (C=O) groups excluding carboxylic acids is 1. The van der Waals surface area contributed by atoms with Crippen molar-refractivity contribution in [2.45, 2.75) is 23.8 Å². The smallest absolute Gasteiger partial charge is 0.251 e. The Kier molecular flexibility index (Phi) is 3.95. The highest BCUT2D eigenvalue weighted by atomic mass is 35.5. The molecule has 4 nitrogen and oxygen atoms in total. The lowest BCUT2D eigenvalue weighted by Crippen LogP contribution is -2.27. The van der Waals surface area contributed by atoms with Crippen molar-refractivity contribution in [3.05, 3.63) is 39.6 Å². The van der Waals surface area contributed by atoms with Crippen LogP contribution in [0.25, 0.3) is 10.9 Å². The molecule has 0 atom stereocenters. The summed E-state index contributed by atoms with van der Waals surface area (Å²) in [5.74, 6) is 0.323. The largest absolute Gasteiger partial charge is 0.353 e. The summed E-state index contributed by atoms with van der Waals surface area (Å²) < 4.78 is 1.58. The zero-order chi connectivity index (χ0) is 15.0. The molecule has 3 rings (SSSR count). The minimum atomic E-state index is -0.0880. The number of nitrogens with zero attached hydrogens (tertiary/aromatic N) is 1. The van der Waals surface area contributed by atoms with Crippen LogP contribution in [0, 0.1) is 0 Å². The maximum absolute atomic E-state index is 12.0. The van der Waals surface area contributed by atoms with E-state index in [1.54, 1.807) is 23.7 Å². The number of pyridine rings is 1. The van der Waals surface area contributed by atoms with E-state index in [2.05, 4.69) is 5.32 Å². The average molecular weight is 323 g/mol. The van der Waals surface area contributed by atoms with E-state index in [-0.39, 0.29) is 11.5 Å². The average Bonchev–Trinajstić information content (AvgIpc) is 3.25. The van der Waals surface area contributed by atoms with E-state index in [1.807, 2.05) is 12.1 Å². The van der Waals surface area contributed by atoms with Crippen molar-refractivity contribution in [3.8, 4) is 0 Å². The fraction of sp³-hybridized carbons (Fsp3) is 0.333. The van der Waals surface area contributed by atoms with Gasteiger partial charge >= 0.3 is 0 Å². The van der Waals surface area contributed by atoms with Gasteiger partial charge in [0, 0.05) is 34.5 Å². The highest BCUT2D eigenvalue weighted by molar-refractivity contribution is 8.00. The molecule has 1 N–H and O–H groups in total. The van der Waals surface area contributed by atoms with Gasteiger partial charge in [0.2, 0.25) is 5.91 Å². The van der Waals surface area contributed by atoms with Gasteiger partial charge in [0.1, 0.15) is 0 Å². The molecule has 1 saturated carbocycles. The molecule has 1 aliphatic rings. The highest BCUT2D eigenvalue weighted by Gasteiger charge is 2.23. The SMILES string of the molecule is Cn1c(=O)cc(SCC(=O)NC2CC2)c2cc(Cl)ccc21. The van der Waals surface area contributed by atoms with Gasteiger partial charge in [-0.25, -0.2) is 0 Å². The lowest BCUT2D eigenvalue weighted by atomic mass is 10.2. The van der Waals surface area contributed by atoms with E-state index >= 15 is 0 Å². The Labute approximate surface area is 131 Å².